The highest BCUT2D eigenvalue weighted by atomic mass is 16.5. The predicted molar refractivity (Wildman–Crippen MR) is 48.4 cm³/mol. The molecule has 0 spiro atoms. The monoisotopic (exact) mass is 184 g/mol. The maximum atomic E-state index is 11.3. The summed E-state index contributed by atoms with van der Waals surface area (Å²) in [6.45, 7) is 4.92. The Morgan fingerprint density at radius 3 is 3.00 bits per heavy atom. The molecule has 0 unspecified atom stereocenters. The van der Waals surface area contributed by atoms with E-state index in [0.717, 1.165) is 38.5 Å². The summed E-state index contributed by atoms with van der Waals surface area (Å²) in [4.78, 5) is 13.2. The molecule has 2 saturated heterocycles. The first kappa shape index (κ1) is 8.97. The summed E-state index contributed by atoms with van der Waals surface area (Å²) >= 11 is 0. The zero-order valence-corrected chi connectivity index (χ0v) is 7.79. The fraction of sp³-hybridized carbons (Fsp3) is 0.889. The molecule has 0 bridgehead atoms. The Balaban J connectivity index is 1.69. The van der Waals surface area contributed by atoms with Crippen LogP contribution in [-0.4, -0.2) is 50.2 Å². The van der Waals surface area contributed by atoms with Gasteiger partial charge in [0.2, 0.25) is 5.91 Å². The average molecular weight is 184 g/mol. The van der Waals surface area contributed by atoms with E-state index in [1.54, 1.807) is 0 Å². The van der Waals surface area contributed by atoms with Gasteiger partial charge >= 0.3 is 0 Å². The molecule has 2 aliphatic rings. The molecule has 13 heavy (non-hydrogen) atoms. The highest BCUT2D eigenvalue weighted by Crippen LogP contribution is 2.10. The average Bonchev–Trinajstić information content (AvgIpc) is 2.05. The van der Waals surface area contributed by atoms with Gasteiger partial charge in [0, 0.05) is 13.1 Å². The summed E-state index contributed by atoms with van der Waals surface area (Å²) in [5.41, 5.74) is 0. The Morgan fingerprint density at radius 2 is 2.38 bits per heavy atom. The summed E-state index contributed by atoms with van der Waals surface area (Å²) in [7, 11) is 0. The van der Waals surface area contributed by atoms with Gasteiger partial charge < -0.3 is 15.0 Å². The van der Waals surface area contributed by atoms with Crippen LogP contribution in [0, 0.1) is 5.92 Å². The molecule has 4 heteroatoms. The van der Waals surface area contributed by atoms with Gasteiger partial charge in [-0.05, 0) is 25.4 Å². The highest BCUT2D eigenvalue weighted by molar-refractivity contribution is 5.77. The normalized spacial score (nSPS) is 24.6. The van der Waals surface area contributed by atoms with Gasteiger partial charge in [-0.3, -0.25) is 4.79 Å². The van der Waals surface area contributed by atoms with E-state index in [4.69, 9.17) is 4.74 Å². The van der Waals surface area contributed by atoms with Crippen molar-refractivity contribution >= 4 is 5.91 Å². The summed E-state index contributed by atoms with van der Waals surface area (Å²) in [5, 5.41) is 3.23. The Morgan fingerprint density at radius 1 is 1.54 bits per heavy atom. The Bertz CT molecular complexity index is 192. The first-order valence-electron chi connectivity index (χ1n) is 4.92. The molecule has 4 nitrogen and oxygen atoms in total. The van der Waals surface area contributed by atoms with Crippen molar-refractivity contribution in [3.63, 3.8) is 0 Å². The van der Waals surface area contributed by atoms with Gasteiger partial charge in [-0.2, -0.15) is 0 Å². The summed E-state index contributed by atoms with van der Waals surface area (Å²) in [5.74, 6) is 0.939. The standard InChI is InChI=1S/C9H16N2O2/c12-9-7-13-4-3-11(9)2-1-8-5-10-6-8/h8,10H,1-7H2. The molecule has 74 valence electrons. The number of carbonyl (C=O) groups excluding carboxylic acids is 1. The van der Waals surface area contributed by atoms with E-state index in [-0.39, 0.29) is 12.5 Å². The van der Waals surface area contributed by atoms with Gasteiger partial charge in [0.1, 0.15) is 6.61 Å². The van der Waals surface area contributed by atoms with E-state index < -0.39 is 0 Å². The molecule has 1 N–H and O–H groups in total. The zero-order valence-electron chi connectivity index (χ0n) is 7.79. The number of hydrogen-bond acceptors (Lipinski definition) is 3. The second-order valence-corrected chi connectivity index (χ2v) is 3.75. The molecule has 0 aromatic heterocycles. The molecule has 0 aromatic rings. The molecule has 0 radical (unpaired) electrons. The highest BCUT2D eigenvalue weighted by Gasteiger charge is 2.21. The third-order valence-electron chi connectivity index (χ3n) is 2.76. The number of hydrogen-bond donors (Lipinski definition) is 1. The van der Waals surface area contributed by atoms with Gasteiger partial charge in [0.25, 0.3) is 0 Å². The third kappa shape index (κ3) is 2.19. The second-order valence-electron chi connectivity index (χ2n) is 3.75. The van der Waals surface area contributed by atoms with Crippen molar-refractivity contribution in [2.45, 2.75) is 6.42 Å². The molecular weight excluding hydrogens is 168 g/mol. The topological polar surface area (TPSA) is 41.6 Å². The summed E-state index contributed by atoms with van der Waals surface area (Å²) in [6, 6.07) is 0. The van der Waals surface area contributed by atoms with E-state index in [9.17, 15) is 4.79 Å². The molecule has 0 saturated carbocycles. The van der Waals surface area contributed by atoms with Crippen molar-refractivity contribution in [2.24, 2.45) is 5.92 Å². The van der Waals surface area contributed by atoms with Crippen LogP contribution in [0.25, 0.3) is 0 Å². The number of nitrogens with zero attached hydrogens (tertiary/aromatic N) is 1. The van der Waals surface area contributed by atoms with Gasteiger partial charge in [-0.25, -0.2) is 0 Å². The van der Waals surface area contributed by atoms with Crippen molar-refractivity contribution < 1.29 is 9.53 Å². The van der Waals surface area contributed by atoms with Crippen LogP contribution in [0.4, 0.5) is 0 Å². The zero-order chi connectivity index (χ0) is 9.10. The fourth-order valence-electron chi connectivity index (χ4n) is 1.68. The number of carbonyl (C=O) groups is 1. The molecular formula is C9H16N2O2. The lowest BCUT2D eigenvalue weighted by Crippen LogP contribution is -2.46. The van der Waals surface area contributed by atoms with Crippen LogP contribution in [0.2, 0.25) is 0 Å². The summed E-state index contributed by atoms with van der Waals surface area (Å²) < 4.78 is 5.06. The first-order valence-corrected chi connectivity index (χ1v) is 4.92. The van der Waals surface area contributed by atoms with Crippen LogP contribution in [0.3, 0.4) is 0 Å². The number of rotatable bonds is 3. The molecule has 0 aliphatic carbocycles. The van der Waals surface area contributed by atoms with Crippen LogP contribution in [0.1, 0.15) is 6.42 Å². The Hall–Kier alpha value is -0.610. The van der Waals surface area contributed by atoms with Crippen molar-refractivity contribution in [3.05, 3.63) is 0 Å². The number of amides is 1. The molecule has 2 rings (SSSR count). The van der Waals surface area contributed by atoms with Crippen LogP contribution in [0.5, 0.6) is 0 Å². The van der Waals surface area contributed by atoms with Crippen LogP contribution in [0.15, 0.2) is 0 Å². The van der Waals surface area contributed by atoms with Crippen LogP contribution in [-0.2, 0) is 9.53 Å². The molecule has 2 heterocycles. The molecule has 2 aliphatic heterocycles. The minimum absolute atomic E-state index is 0.151. The van der Waals surface area contributed by atoms with Crippen molar-refractivity contribution in [3.8, 4) is 0 Å². The number of ether oxygens (including phenoxy) is 1. The number of nitrogens with one attached hydrogen (secondary N) is 1. The minimum Gasteiger partial charge on any atom is -0.370 e. The third-order valence-corrected chi connectivity index (χ3v) is 2.76. The first-order chi connectivity index (χ1) is 6.36. The predicted octanol–water partition coefficient (Wildman–Crippen LogP) is -0.545. The Kier molecular flexibility index (Phi) is 2.80. The molecule has 1 amide bonds. The van der Waals surface area contributed by atoms with Crippen molar-refractivity contribution in [2.75, 3.05) is 39.4 Å². The largest absolute Gasteiger partial charge is 0.370 e. The van der Waals surface area contributed by atoms with E-state index in [1.807, 2.05) is 4.90 Å². The van der Waals surface area contributed by atoms with Crippen LogP contribution < -0.4 is 5.32 Å². The number of morpholine rings is 1. The summed E-state index contributed by atoms with van der Waals surface area (Å²) in [6.07, 6.45) is 1.14. The van der Waals surface area contributed by atoms with Gasteiger partial charge in [0.05, 0.1) is 6.61 Å². The second kappa shape index (κ2) is 4.07. The van der Waals surface area contributed by atoms with Crippen molar-refractivity contribution in [1.29, 1.82) is 0 Å². The van der Waals surface area contributed by atoms with Gasteiger partial charge in [-0.1, -0.05) is 0 Å². The fourth-order valence-corrected chi connectivity index (χ4v) is 1.68. The lowest BCUT2D eigenvalue weighted by molar-refractivity contribution is -0.142. The van der Waals surface area contributed by atoms with Crippen molar-refractivity contribution in [1.82, 2.24) is 10.2 Å². The van der Waals surface area contributed by atoms with Gasteiger partial charge in [0.15, 0.2) is 0 Å². The lowest BCUT2D eigenvalue weighted by atomic mass is 9.99. The SMILES string of the molecule is O=C1COCCN1CCC1CNC1. The Labute approximate surface area is 78.2 Å². The molecule has 2 fully saturated rings. The van der Waals surface area contributed by atoms with E-state index in [1.165, 1.54) is 0 Å². The smallest absolute Gasteiger partial charge is 0.248 e. The van der Waals surface area contributed by atoms with Gasteiger partial charge in [-0.15, -0.1) is 0 Å². The minimum atomic E-state index is 0.151. The maximum Gasteiger partial charge on any atom is 0.248 e. The van der Waals surface area contributed by atoms with E-state index in [2.05, 4.69) is 5.32 Å². The quantitative estimate of drug-likeness (QED) is 0.640. The van der Waals surface area contributed by atoms with Crippen LogP contribution >= 0.6 is 0 Å². The maximum absolute atomic E-state index is 11.3. The molecule has 0 aromatic carbocycles. The van der Waals surface area contributed by atoms with E-state index in [0.29, 0.717) is 6.61 Å². The lowest BCUT2D eigenvalue weighted by Gasteiger charge is -2.32. The van der Waals surface area contributed by atoms with E-state index >= 15 is 0 Å². The molecule has 0 atom stereocenters.